The van der Waals surface area contributed by atoms with Gasteiger partial charge >= 0.3 is 5.97 Å². The summed E-state index contributed by atoms with van der Waals surface area (Å²) < 4.78 is 26.2. The smallest absolute Gasteiger partial charge is 0.352 e. The number of carboxylic acids is 1. The van der Waals surface area contributed by atoms with Gasteiger partial charge in [0.2, 0.25) is 10.0 Å². The molecule has 0 saturated heterocycles. The molecular formula is C12H20N2O5S. The molecule has 114 valence electrons. The monoisotopic (exact) mass is 304 g/mol. The van der Waals surface area contributed by atoms with Crippen molar-refractivity contribution in [3.63, 3.8) is 0 Å². The molecule has 0 fully saturated rings. The first-order valence-electron chi connectivity index (χ1n) is 6.17. The number of hydrogen-bond donors (Lipinski definition) is 4. The summed E-state index contributed by atoms with van der Waals surface area (Å²) in [6, 6.07) is 1.03. The van der Waals surface area contributed by atoms with Crippen LogP contribution in [0.4, 0.5) is 0 Å². The number of aromatic nitrogens is 1. The van der Waals surface area contributed by atoms with Crippen molar-refractivity contribution >= 4 is 16.0 Å². The van der Waals surface area contributed by atoms with Gasteiger partial charge in [-0.05, 0) is 25.3 Å². The van der Waals surface area contributed by atoms with Gasteiger partial charge in [0.15, 0.2) is 0 Å². The van der Waals surface area contributed by atoms with Crippen molar-refractivity contribution < 1.29 is 23.4 Å². The van der Waals surface area contributed by atoms with Crippen LogP contribution in [0, 0.1) is 5.92 Å². The molecule has 0 aliphatic rings. The predicted octanol–water partition coefficient (Wildman–Crippen LogP) is 0.788. The van der Waals surface area contributed by atoms with E-state index in [4.69, 9.17) is 5.11 Å². The summed E-state index contributed by atoms with van der Waals surface area (Å²) in [4.78, 5) is 12.9. The Morgan fingerprint density at radius 3 is 2.55 bits per heavy atom. The van der Waals surface area contributed by atoms with E-state index in [-0.39, 0.29) is 23.1 Å². The fraction of sp³-hybridized carbons (Fsp3) is 0.583. The Labute approximate surface area is 118 Å². The number of aliphatic hydroxyl groups is 1. The zero-order chi connectivity index (χ0) is 15.6. The number of rotatable bonds is 7. The van der Waals surface area contributed by atoms with Crippen molar-refractivity contribution in [2.24, 2.45) is 5.92 Å². The van der Waals surface area contributed by atoms with Gasteiger partial charge in [-0.2, -0.15) is 0 Å². The summed E-state index contributed by atoms with van der Waals surface area (Å²) in [6.07, 6.45) is 1.55. The first-order chi connectivity index (χ1) is 9.03. The summed E-state index contributed by atoms with van der Waals surface area (Å²) in [5.74, 6) is -1.02. The molecule has 0 aromatic carbocycles. The lowest BCUT2D eigenvalue weighted by molar-refractivity contribution is 0.0436. The molecule has 0 radical (unpaired) electrons. The summed E-state index contributed by atoms with van der Waals surface area (Å²) in [6.45, 7) is 5.26. The maximum atomic E-state index is 12.0. The number of carboxylic acid groups (broad SMARTS) is 1. The highest BCUT2D eigenvalue weighted by Gasteiger charge is 2.26. The average Bonchev–Trinajstić information content (AvgIpc) is 2.75. The summed E-state index contributed by atoms with van der Waals surface area (Å²) in [5, 5.41) is 18.8. The van der Waals surface area contributed by atoms with Crippen LogP contribution in [0.25, 0.3) is 0 Å². The molecule has 1 unspecified atom stereocenters. The lowest BCUT2D eigenvalue weighted by atomic mass is 9.95. The molecule has 0 saturated carbocycles. The minimum absolute atomic E-state index is 0.138. The van der Waals surface area contributed by atoms with Crippen molar-refractivity contribution in [2.75, 3.05) is 6.54 Å². The number of nitrogens with one attached hydrogen (secondary N) is 2. The molecule has 1 atom stereocenters. The van der Waals surface area contributed by atoms with Crippen molar-refractivity contribution in [1.82, 2.24) is 9.71 Å². The largest absolute Gasteiger partial charge is 0.477 e. The number of H-pyrrole nitrogens is 1. The van der Waals surface area contributed by atoms with E-state index in [0.717, 1.165) is 12.3 Å². The van der Waals surface area contributed by atoms with Gasteiger partial charge in [0.1, 0.15) is 10.6 Å². The summed E-state index contributed by atoms with van der Waals surface area (Å²) >= 11 is 0. The molecule has 1 rings (SSSR count). The summed E-state index contributed by atoms with van der Waals surface area (Å²) in [7, 11) is -3.85. The predicted molar refractivity (Wildman–Crippen MR) is 73.0 cm³/mol. The topological polar surface area (TPSA) is 119 Å². The van der Waals surface area contributed by atoms with Gasteiger partial charge in [-0.1, -0.05) is 13.8 Å². The van der Waals surface area contributed by atoms with Gasteiger partial charge in [0.05, 0.1) is 5.60 Å². The molecular weight excluding hydrogens is 284 g/mol. The van der Waals surface area contributed by atoms with E-state index in [1.165, 1.54) is 0 Å². The van der Waals surface area contributed by atoms with E-state index in [1.807, 2.05) is 13.8 Å². The van der Waals surface area contributed by atoms with Gasteiger partial charge in [-0.15, -0.1) is 0 Å². The Hall–Kier alpha value is -1.38. The number of carbonyl (C=O) groups is 1. The highest BCUT2D eigenvalue weighted by Crippen LogP contribution is 2.17. The normalized spacial score (nSPS) is 15.2. The Morgan fingerprint density at radius 2 is 2.10 bits per heavy atom. The van der Waals surface area contributed by atoms with E-state index in [1.54, 1.807) is 6.92 Å². The van der Waals surface area contributed by atoms with Crippen LogP contribution >= 0.6 is 0 Å². The van der Waals surface area contributed by atoms with Crippen LogP contribution in [0.3, 0.4) is 0 Å². The van der Waals surface area contributed by atoms with Crippen LogP contribution in [-0.2, 0) is 10.0 Å². The maximum absolute atomic E-state index is 12.0. The Kier molecular flexibility index (Phi) is 4.95. The molecule has 0 aliphatic heterocycles. The molecule has 1 aromatic heterocycles. The highest BCUT2D eigenvalue weighted by atomic mass is 32.2. The van der Waals surface area contributed by atoms with Crippen LogP contribution in [0.5, 0.6) is 0 Å². The van der Waals surface area contributed by atoms with Gasteiger partial charge in [0, 0.05) is 12.7 Å². The number of hydrogen-bond acceptors (Lipinski definition) is 4. The van der Waals surface area contributed by atoms with Gasteiger partial charge in [0.25, 0.3) is 0 Å². The highest BCUT2D eigenvalue weighted by molar-refractivity contribution is 7.89. The van der Waals surface area contributed by atoms with Crippen molar-refractivity contribution in [3.8, 4) is 0 Å². The Morgan fingerprint density at radius 1 is 1.50 bits per heavy atom. The zero-order valence-corrected chi connectivity index (χ0v) is 12.5. The Bertz CT molecular complexity index is 574. The fourth-order valence-electron chi connectivity index (χ4n) is 1.94. The molecule has 20 heavy (non-hydrogen) atoms. The van der Waals surface area contributed by atoms with Gasteiger partial charge < -0.3 is 15.2 Å². The molecule has 0 aliphatic carbocycles. The lowest BCUT2D eigenvalue weighted by Gasteiger charge is -2.25. The quantitative estimate of drug-likeness (QED) is 0.593. The second-order valence-electron chi connectivity index (χ2n) is 5.47. The zero-order valence-electron chi connectivity index (χ0n) is 11.7. The molecule has 0 amide bonds. The van der Waals surface area contributed by atoms with Crippen LogP contribution in [0.1, 0.15) is 37.7 Å². The minimum Gasteiger partial charge on any atom is -0.477 e. The third-order valence-corrected chi connectivity index (χ3v) is 4.07. The van der Waals surface area contributed by atoms with Gasteiger partial charge in [-0.25, -0.2) is 17.9 Å². The van der Waals surface area contributed by atoms with E-state index in [2.05, 4.69) is 9.71 Å². The second kappa shape index (κ2) is 5.94. The molecule has 4 N–H and O–H groups in total. The van der Waals surface area contributed by atoms with Crippen molar-refractivity contribution in [3.05, 3.63) is 18.0 Å². The number of sulfonamides is 1. The standard InChI is InChI=1S/C12H20N2O5S/c1-8(2)5-12(3,17)7-14-20(18,19)9-4-10(11(15)16)13-6-9/h4,6,8,13-14,17H,5,7H2,1-3H3,(H,15,16). The molecule has 7 nitrogen and oxygen atoms in total. The van der Waals surface area contributed by atoms with E-state index in [9.17, 15) is 18.3 Å². The molecule has 1 heterocycles. The minimum atomic E-state index is -3.85. The van der Waals surface area contributed by atoms with Crippen molar-refractivity contribution in [2.45, 2.75) is 37.7 Å². The molecule has 0 bridgehead atoms. The van der Waals surface area contributed by atoms with Crippen LogP contribution in [0.2, 0.25) is 0 Å². The second-order valence-corrected chi connectivity index (χ2v) is 7.24. The summed E-state index contributed by atoms with van der Waals surface area (Å²) in [5.41, 5.74) is -1.37. The lowest BCUT2D eigenvalue weighted by Crippen LogP contribution is -2.41. The first kappa shape index (κ1) is 16.7. The molecule has 1 aromatic rings. The SMILES string of the molecule is CC(C)CC(C)(O)CNS(=O)(=O)c1c[nH]c(C(=O)O)c1. The van der Waals surface area contributed by atoms with Crippen LogP contribution < -0.4 is 4.72 Å². The van der Waals surface area contributed by atoms with E-state index in [0.29, 0.717) is 6.42 Å². The first-order valence-corrected chi connectivity index (χ1v) is 7.65. The van der Waals surface area contributed by atoms with Crippen LogP contribution in [0.15, 0.2) is 17.2 Å². The number of aromatic carboxylic acids is 1. The third-order valence-electron chi connectivity index (χ3n) is 2.69. The number of aromatic amines is 1. The maximum Gasteiger partial charge on any atom is 0.352 e. The third kappa shape index (κ3) is 4.62. The van der Waals surface area contributed by atoms with E-state index >= 15 is 0 Å². The molecule has 8 heteroatoms. The molecule has 0 spiro atoms. The van der Waals surface area contributed by atoms with E-state index < -0.39 is 21.6 Å². The van der Waals surface area contributed by atoms with Crippen molar-refractivity contribution in [1.29, 1.82) is 0 Å². The fourth-order valence-corrected chi connectivity index (χ4v) is 3.09. The van der Waals surface area contributed by atoms with Gasteiger partial charge in [-0.3, -0.25) is 0 Å². The average molecular weight is 304 g/mol. The van der Waals surface area contributed by atoms with Crippen LogP contribution in [-0.4, -0.2) is 41.7 Å². The Balaban J connectivity index is 2.77.